The molecule has 1 fully saturated rings. The molecule has 0 bridgehead atoms. The Bertz CT molecular complexity index is 415. The van der Waals surface area contributed by atoms with Gasteiger partial charge in [-0.15, -0.1) is 0 Å². The van der Waals surface area contributed by atoms with Crippen molar-refractivity contribution in [2.45, 2.75) is 25.4 Å². The Kier molecular flexibility index (Phi) is 3.27. The van der Waals surface area contributed by atoms with E-state index in [1.54, 1.807) is 0 Å². The van der Waals surface area contributed by atoms with Gasteiger partial charge in [0.15, 0.2) is 0 Å². The topological polar surface area (TPSA) is 24.5 Å². The first-order valence-electron chi connectivity index (χ1n) is 6.94. The third-order valence-corrected chi connectivity index (χ3v) is 4.02. The molecule has 0 saturated carbocycles. The van der Waals surface area contributed by atoms with Gasteiger partial charge in [-0.1, -0.05) is 18.2 Å². The Morgan fingerprint density at radius 3 is 2.94 bits per heavy atom. The molecule has 3 nitrogen and oxygen atoms in total. The number of ether oxygens (including phenoxy) is 1. The van der Waals surface area contributed by atoms with Crippen LogP contribution in [0, 0.1) is 0 Å². The number of rotatable bonds is 4. The molecule has 3 heteroatoms. The van der Waals surface area contributed by atoms with Crippen LogP contribution in [0.1, 0.15) is 18.9 Å². The molecule has 98 valence electrons. The van der Waals surface area contributed by atoms with Crippen molar-refractivity contribution in [3.63, 3.8) is 0 Å². The molecule has 3 rings (SSSR count). The first-order chi connectivity index (χ1) is 8.77. The van der Waals surface area contributed by atoms with Crippen molar-refractivity contribution in [1.29, 1.82) is 0 Å². The monoisotopic (exact) mass is 246 g/mol. The molecule has 0 aromatic heterocycles. The van der Waals surface area contributed by atoms with E-state index in [0.717, 1.165) is 32.8 Å². The predicted octanol–water partition coefficient (Wildman–Crippen LogP) is 1.82. The van der Waals surface area contributed by atoms with Crippen LogP contribution >= 0.6 is 0 Å². The lowest BCUT2D eigenvalue weighted by Crippen LogP contribution is -2.59. The van der Waals surface area contributed by atoms with E-state index in [4.69, 9.17) is 4.74 Å². The predicted molar refractivity (Wildman–Crippen MR) is 74.2 cm³/mol. The lowest BCUT2D eigenvalue weighted by atomic mass is 10.00. The number of anilines is 1. The van der Waals surface area contributed by atoms with E-state index in [-0.39, 0.29) is 5.60 Å². The third-order valence-electron chi connectivity index (χ3n) is 4.02. The highest BCUT2D eigenvalue weighted by Gasteiger charge is 2.32. The van der Waals surface area contributed by atoms with Gasteiger partial charge in [0.05, 0.1) is 12.2 Å². The first-order valence-corrected chi connectivity index (χ1v) is 6.94. The highest BCUT2D eigenvalue weighted by atomic mass is 16.5. The molecule has 1 aromatic rings. The number of benzene rings is 1. The lowest BCUT2D eigenvalue weighted by molar-refractivity contribution is -0.0634. The summed E-state index contributed by atoms with van der Waals surface area (Å²) in [7, 11) is 0. The Morgan fingerprint density at radius 1 is 1.33 bits per heavy atom. The summed E-state index contributed by atoms with van der Waals surface area (Å²) in [6, 6.07) is 8.76. The second kappa shape index (κ2) is 4.90. The molecule has 0 aliphatic carbocycles. The summed E-state index contributed by atoms with van der Waals surface area (Å²) in [5.74, 6) is 0. The molecule has 2 aliphatic rings. The van der Waals surface area contributed by atoms with Crippen molar-refractivity contribution in [1.82, 2.24) is 5.32 Å². The zero-order valence-electron chi connectivity index (χ0n) is 11.1. The zero-order chi connectivity index (χ0) is 12.4. The van der Waals surface area contributed by atoms with E-state index in [0.29, 0.717) is 0 Å². The minimum Gasteiger partial charge on any atom is -0.371 e. The molecular weight excluding hydrogens is 224 g/mol. The van der Waals surface area contributed by atoms with E-state index in [1.165, 1.54) is 24.1 Å². The second-order valence-electron chi connectivity index (χ2n) is 5.62. The summed E-state index contributed by atoms with van der Waals surface area (Å²) in [5, 5.41) is 3.27. The molecule has 0 atom stereocenters. The molecule has 0 spiro atoms. The fraction of sp³-hybridized carbons (Fsp3) is 0.600. The average molecular weight is 246 g/mol. The molecule has 0 unspecified atom stereocenters. The maximum Gasteiger partial charge on any atom is 0.0902 e. The molecule has 1 saturated heterocycles. The van der Waals surface area contributed by atoms with Gasteiger partial charge in [0.25, 0.3) is 0 Å². The van der Waals surface area contributed by atoms with E-state index in [9.17, 15) is 0 Å². The molecule has 0 radical (unpaired) electrons. The number of nitrogens with zero attached hydrogens (tertiary/aromatic N) is 1. The largest absolute Gasteiger partial charge is 0.371 e. The minimum atomic E-state index is 0.0787. The maximum absolute atomic E-state index is 5.98. The molecule has 1 N–H and O–H groups in total. The molecule has 2 aliphatic heterocycles. The van der Waals surface area contributed by atoms with Crippen LogP contribution in [0.15, 0.2) is 24.3 Å². The molecular formula is C15H22N2O. The summed E-state index contributed by atoms with van der Waals surface area (Å²) in [4.78, 5) is 2.47. The highest BCUT2D eigenvalue weighted by Crippen LogP contribution is 2.26. The number of nitrogens with one attached hydrogen (secondary N) is 1. The number of para-hydroxylation sites is 1. The van der Waals surface area contributed by atoms with Gasteiger partial charge in [-0.3, -0.25) is 0 Å². The van der Waals surface area contributed by atoms with E-state index in [1.807, 2.05) is 0 Å². The minimum absolute atomic E-state index is 0.0787. The van der Waals surface area contributed by atoms with Gasteiger partial charge in [-0.2, -0.15) is 0 Å². The average Bonchev–Trinajstić information content (AvgIpc) is 2.37. The van der Waals surface area contributed by atoms with E-state index >= 15 is 0 Å². The molecule has 18 heavy (non-hydrogen) atoms. The summed E-state index contributed by atoms with van der Waals surface area (Å²) >= 11 is 0. The van der Waals surface area contributed by atoms with Gasteiger partial charge >= 0.3 is 0 Å². The zero-order valence-corrected chi connectivity index (χ0v) is 11.1. The van der Waals surface area contributed by atoms with Crippen LogP contribution in [-0.2, 0) is 11.2 Å². The molecule has 2 heterocycles. The van der Waals surface area contributed by atoms with Gasteiger partial charge in [-0.25, -0.2) is 0 Å². The lowest BCUT2D eigenvalue weighted by Gasteiger charge is -2.40. The Balaban J connectivity index is 1.57. The Morgan fingerprint density at radius 2 is 2.17 bits per heavy atom. The van der Waals surface area contributed by atoms with Crippen molar-refractivity contribution < 1.29 is 4.74 Å². The van der Waals surface area contributed by atoms with Crippen molar-refractivity contribution in [3.05, 3.63) is 29.8 Å². The molecule has 0 amide bonds. The summed E-state index contributed by atoms with van der Waals surface area (Å²) < 4.78 is 5.98. The van der Waals surface area contributed by atoms with E-state index in [2.05, 4.69) is 41.4 Å². The van der Waals surface area contributed by atoms with Crippen LogP contribution in [0.3, 0.4) is 0 Å². The van der Waals surface area contributed by atoms with Crippen molar-refractivity contribution in [3.8, 4) is 0 Å². The van der Waals surface area contributed by atoms with Crippen LogP contribution in [0.5, 0.6) is 0 Å². The normalized spacial score (nSPS) is 21.3. The SMILES string of the molecule is CC1(OCCN2CCCc3ccccc32)CNC1. The summed E-state index contributed by atoms with van der Waals surface area (Å²) in [5.41, 5.74) is 2.97. The summed E-state index contributed by atoms with van der Waals surface area (Å²) in [6.07, 6.45) is 2.48. The van der Waals surface area contributed by atoms with Gasteiger partial charge in [-0.05, 0) is 31.4 Å². The quantitative estimate of drug-likeness (QED) is 0.877. The van der Waals surface area contributed by atoms with Gasteiger partial charge in [0.1, 0.15) is 0 Å². The van der Waals surface area contributed by atoms with Crippen LogP contribution in [0.25, 0.3) is 0 Å². The van der Waals surface area contributed by atoms with Crippen LogP contribution < -0.4 is 10.2 Å². The number of hydrogen-bond donors (Lipinski definition) is 1. The number of aryl methyl sites for hydroxylation is 1. The van der Waals surface area contributed by atoms with Crippen molar-refractivity contribution in [2.24, 2.45) is 0 Å². The van der Waals surface area contributed by atoms with Crippen molar-refractivity contribution in [2.75, 3.05) is 37.7 Å². The van der Waals surface area contributed by atoms with Crippen LogP contribution in [0.2, 0.25) is 0 Å². The van der Waals surface area contributed by atoms with Crippen molar-refractivity contribution >= 4 is 5.69 Å². The first kappa shape index (κ1) is 12.0. The van der Waals surface area contributed by atoms with Gasteiger partial charge in [0.2, 0.25) is 0 Å². The van der Waals surface area contributed by atoms with Crippen LogP contribution in [-0.4, -0.2) is 38.4 Å². The third kappa shape index (κ3) is 2.38. The standard InChI is InChI=1S/C15H22N2O/c1-15(11-16-12-15)18-10-9-17-8-4-6-13-5-2-3-7-14(13)17/h2-3,5,7,16H,4,6,8-12H2,1H3. The number of hydrogen-bond acceptors (Lipinski definition) is 3. The van der Waals surface area contributed by atoms with Gasteiger partial charge < -0.3 is 15.0 Å². The second-order valence-corrected chi connectivity index (χ2v) is 5.62. The highest BCUT2D eigenvalue weighted by molar-refractivity contribution is 5.55. The van der Waals surface area contributed by atoms with Crippen LogP contribution in [0.4, 0.5) is 5.69 Å². The fourth-order valence-electron chi connectivity index (χ4n) is 2.83. The Hall–Kier alpha value is -1.06. The van der Waals surface area contributed by atoms with E-state index < -0.39 is 0 Å². The smallest absolute Gasteiger partial charge is 0.0902 e. The fourth-order valence-corrected chi connectivity index (χ4v) is 2.83. The Labute approximate surface area is 109 Å². The van der Waals surface area contributed by atoms with Gasteiger partial charge in [0, 0.05) is 31.9 Å². The molecule has 1 aromatic carbocycles. The summed E-state index contributed by atoms with van der Waals surface area (Å²) in [6.45, 7) is 7.16. The number of fused-ring (bicyclic) bond motifs is 1. The maximum atomic E-state index is 5.98.